The van der Waals surface area contributed by atoms with Gasteiger partial charge in [0.15, 0.2) is 0 Å². The molecule has 0 spiro atoms. The Labute approximate surface area is 191 Å². The predicted molar refractivity (Wildman–Crippen MR) is 143 cm³/mol. The van der Waals surface area contributed by atoms with Crippen LogP contribution in [-0.4, -0.2) is 28.2 Å². The van der Waals surface area contributed by atoms with E-state index in [0.717, 1.165) is 0 Å². The topological polar surface area (TPSA) is 6.48 Å². The minimum atomic E-state index is 1.20. The summed E-state index contributed by atoms with van der Waals surface area (Å²) in [7, 11) is 8.24. The molecular formula is C30H30N2. The quantitative estimate of drug-likeness (QED) is 0.303. The molecule has 32 heavy (non-hydrogen) atoms. The van der Waals surface area contributed by atoms with Crippen molar-refractivity contribution in [1.82, 2.24) is 0 Å². The van der Waals surface area contributed by atoms with Gasteiger partial charge < -0.3 is 9.80 Å². The lowest BCUT2D eigenvalue weighted by molar-refractivity contribution is 1.13. The number of hydrogen-bond donors (Lipinski definition) is 0. The van der Waals surface area contributed by atoms with Crippen molar-refractivity contribution in [1.29, 1.82) is 0 Å². The number of fused-ring (bicyclic) bond motifs is 1. The van der Waals surface area contributed by atoms with Crippen LogP contribution in [0.15, 0.2) is 84.9 Å². The van der Waals surface area contributed by atoms with Crippen molar-refractivity contribution in [3.05, 3.63) is 107 Å². The fraction of sp³-hybridized carbons (Fsp3) is 0.133. The summed E-state index contributed by atoms with van der Waals surface area (Å²) >= 11 is 0. The van der Waals surface area contributed by atoms with E-state index >= 15 is 0 Å². The van der Waals surface area contributed by atoms with Crippen LogP contribution in [0.25, 0.3) is 35.1 Å². The summed E-state index contributed by atoms with van der Waals surface area (Å²) in [5.74, 6) is 0. The van der Waals surface area contributed by atoms with Crippen molar-refractivity contribution in [2.24, 2.45) is 0 Å². The van der Waals surface area contributed by atoms with E-state index in [1.807, 2.05) is 0 Å². The summed E-state index contributed by atoms with van der Waals surface area (Å²) in [5, 5.41) is 2.50. The first kappa shape index (κ1) is 21.5. The van der Waals surface area contributed by atoms with Gasteiger partial charge in [-0.3, -0.25) is 0 Å². The Balaban J connectivity index is 1.48. The molecule has 0 aliphatic rings. The van der Waals surface area contributed by atoms with E-state index in [1.165, 1.54) is 44.4 Å². The summed E-state index contributed by atoms with van der Waals surface area (Å²) in [6.07, 6.45) is 8.68. The highest BCUT2D eigenvalue weighted by Crippen LogP contribution is 2.22. The van der Waals surface area contributed by atoms with Crippen LogP contribution in [-0.2, 0) is 0 Å². The van der Waals surface area contributed by atoms with E-state index in [4.69, 9.17) is 0 Å². The van der Waals surface area contributed by atoms with Crippen molar-refractivity contribution in [2.45, 2.75) is 0 Å². The van der Waals surface area contributed by atoms with Crippen LogP contribution < -0.4 is 9.80 Å². The molecule has 0 saturated carbocycles. The SMILES string of the molecule is CN(C)c1ccc(/C=C/c2ccc3cc(/C=C/c4ccc(N(C)C)cc4)ccc3c2)cc1. The summed E-state index contributed by atoms with van der Waals surface area (Å²) < 4.78 is 0. The van der Waals surface area contributed by atoms with Crippen LogP contribution in [0.1, 0.15) is 22.3 Å². The third kappa shape index (κ3) is 5.28. The van der Waals surface area contributed by atoms with Crippen LogP contribution in [0.3, 0.4) is 0 Å². The molecule has 0 N–H and O–H groups in total. The number of hydrogen-bond acceptors (Lipinski definition) is 2. The van der Waals surface area contributed by atoms with Crippen molar-refractivity contribution in [2.75, 3.05) is 38.0 Å². The lowest BCUT2D eigenvalue weighted by atomic mass is 10.0. The molecule has 0 amide bonds. The van der Waals surface area contributed by atoms with E-state index < -0.39 is 0 Å². The van der Waals surface area contributed by atoms with Gasteiger partial charge in [0, 0.05) is 39.6 Å². The zero-order chi connectivity index (χ0) is 22.5. The number of nitrogens with zero attached hydrogens (tertiary/aromatic N) is 2. The Kier molecular flexibility index (Phi) is 6.42. The highest BCUT2D eigenvalue weighted by Gasteiger charge is 1.98. The van der Waals surface area contributed by atoms with Gasteiger partial charge in [0.2, 0.25) is 0 Å². The van der Waals surface area contributed by atoms with E-state index in [1.54, 1.807) is 0 Å². The molecule has 0 fully saturated rings. The zero-order valence-electron chi connectivity index (χ0n) is 19.3. The number of rotatable bonds is 6. The first-order valence-electron chi connectivity index (χ1n) is 10.9. The summed E-state index contributed by atoms with van der Waals surface area (Å²) in [4.78, 5) is 4.22. The Morgan fingerprint density at radius 1 is 0.406 bits per heavy atom. The standard InChI is InChI=1S/C30H30N2/c1-31(2)29-17-11-23(12-18-29)5-7-25-9-15-28-22-26(10-16-27(28)21-25)8-6-24-13-19-30(20-14-24)32(3)4/h5-22H,1-4H3/b7-5+,8-6+. The molecular weight excluding hydrogens is 388 g/mol. The molecule has 4 rings (SSSR count). The minimum absolute atomic E-state index is 1.20. The third-order valence-electron chi connectivity index (χ3n) is 5.64. The average molecular weight is 419 g/mol. The lowest BCUT2D eigenvalue weighted by Gasteiger charge is -2.11. The summed E-state index contributed by atoms with van der Waals surface area (Å²) in [5.41, 5.74) is 7.24. The largest absolute Gasteiger partial charge is 0.378 e. The van der Waals surface area contributed by atoms with Crippen molar-refractivity contribution in [3.63, 3.8) is 0 Å². The molecule has 2 heteroatoms. The molecule has 0 bridgehead atoms. The van der Waals surface area contributed by atoms with Crippen LogP contribution in [0.5, 0.6) is 0 Å². The smallest absolute Gasteiger partial charge is 0.0361 e. The Morgan fingerprint density at radius 2 is 0.719 bits per heavy atom. The maximum Gasteiger partial charge on any atom is 0.0361 e. The molecule has 0 aliphatic heterocycles. The first-order valence-corrected chi connectivity index (χ1v) is 10.9. The molecule has 2 nitrogen and oxygen atoms in total. The van der Waals surface area contributed by atoms with Crippen LogP contribution >= 0.6 is 0 Å². The molecule has 4 aromatic rings. The van der Waals surface area contributed by atoms with Gasteiger partial charge in [-0.05, 0) is 69.4 Å². The predicted octanol–water partition coefficient (Wildman–Crippen LogP) is 7.31. The Morgan fingerprint density at radius 3 is 1.06 bits per heavy atom. The molecule has 0 atom stereocenters. The molecule has 0 heterocycles. The van der Waals surface area contributed by atoms with Crippen molar-refractivity contribution in [3.8, 4) is 0 Å². The zero-order valence-corrected chi connectivity index (χ0v) is 19.3. The van der Waals surface area contributed by atoms with Crippen molar-refractivity contribution >= 4 is 46.5 Å². The van der Waals surface area contributed by atoms with Crippen LogP contribution in [0, 0.1) is 0 Å². The second kappa shape index (κ2) is 9.57. The summed E-state index contributed by atoms with van der Waals surface area (Å²) in [6, 6.07) is 30.4. The minimum Gasteiger partial charge on any atom is -0.378 e. The third-order valence-corrected chi connectivity index (χ3v) is 5.64. The van der Waals surface area contributed by atoms with Gasteiger partial charge in [-0.2, -0.15) is 0 Å². The van der Waals surface area contributed by atoms with Crippen molar-refractivity contribution < 1.29 is 0 Å². The Hall–Kier alpha value is -3.78. The molecule has 4 aromatic carbocycles. The van der Waals surface area contributed by atoms with Gasteiger partial charge >= 0.3 is 0 Å². The second-order valence-electron chi connectivity index (χ2n) is 8.50. The monoisotopic (exact) mass is 418 g/mol. The van der Waals surface area contributed by atoms with E-state index in [-0.39, 0.29) is 0 Å². The average Bonchev–Trinajstić information content (AvgIpc) is 2.81. The summed E-state index contributed by atoms with van der Waals surface area (Å²) in [6.45, 7) is 0. The van der Waals surface area contributed by atoms with Gasteiger partial charge in [0.1, 0.15) is 0 Å². The number of benzene rings is 4. The first-order chi connectivity index (χ1) is 15.5. The van der Waals surface area contributed by atoms with Gasteiger partial charge in [-0.25, -0.2) is 0 Å². The fourth-order valence-electron chi connectivity index (χ4n) is 3.64. The van der Waals surface area contributed by atoms with Gasteiger partial charge in [-0.1, -0.05) is 72.8 Å². The van der Waals surface area contributed by atoms with E-state index in [9.17, 15) is 0 Å². The molecule has 0 aromatic heterocycles. The maximum absolute atomic E-state index is 2.24. The second-order valence-corrected chi connectivity index (χ2v) is 8.50. The highest BCUT2D eigenvalue weighted by molar-refractivity contribution is 5.88. The lowest BCUT2D eigenvalue weighted by Crippen LogP contribution is -2.07. The highest BCUT2D eigenvalue weighted by atomic mass is 15.1. The molecule has 0 radical (unpaired) electrons. The van der Waals surface area contributed by atoms with Gasteiger partial charge in [-0.15, -0.1) is 0 Å². The molecule has 0 unspecified atom stereocenters. The van der Waals surface area contributed by atoms with E-state index in [2.05, 4.69) is 147 Å². The fourth-order valence-corrected chi connectivity index (χ4v) is 3.64. The van der Waals surface area contributed by atoms with Crippen LogP contribution in [0.2, 0.25) is 0 Å². The molecule has 0 saturated heterocycles. The normalized spacial score (nSPS) is 11.5. The van der Waals surface area contributed by atoms with Gasteiger partial charge in [0.05, 0.1) is 0 Å². The Bertz CT molecular complexity index is 1140. The molecule has 0 aliphatic carbocycles. The van der Waals surface area contributed by atoms with Gasteiger partial charge in [0.25, 0.3) is 0 Å². The van der Waals surface area contributed by atoms with Crippen LogP contribution in [0.4, 0.5) is 11.4 Å². The molecule has 160 valence electrons. The number of anilines is 2. The van der Waals surface area contributed by atoms with E-state index in [0.29, 0.717) is 0 Å². The maximum atomic E-state index is 2.24.